The molecule has 31 heavy (non-hydrogen) atoms. The minimum atomic E-state index is -4.49. The zero-order chi connectivity index (χ0) is 21.6. The zero-order valence-corrected chi connectivity index (χ0v) is 17.3. The van der Waals surface area contributed by atoms with Gasteiger partial charge in [-0.2, -0.15) is 18.2 Å². The van der Waals surface area contributed by atoms with Gasteiger partial charge in [0.1, 0.15) is 5.52 Å². The summed E-state index contributed by atoms with van der Waals surface area (Å²) in [7, 11) is 0. The average Bonchev–Trinajstić information content (AvgIpc) is 3.46. The summed E-state index contributed by atoms with van der Waals surface area (Å²) in [5.74, 6) is 0.967. The van der Waals surface area contributed by atoms with Gasteiger partial charge >= 0.3 is 6.18 Å². The Balaban J connectivity index is 1.56. The van der Waals surface area contributed by atoms with E-state index in [2.05, 4.69) is 30.9 Å². The fourth-order valence-electron chi connectivity index (χ4n) is 3.82. The lowest BCUT2D eigenvalue weighted by atomic mass is 10.1. The lowest BCUT2D eigenvalue weighted by molar-refractivity contribution is -0.137. The van der Waals surface area contributed by atoms with E-state index in [0.717, 1.165) is 50.9 Å². The van der Waals surface area contributed by atoms with Crippen molar-refractivity contribution in [2.24, 2.45) is 0 Å². The summed E-state index contributed by atoms with van der Waals surface area (Å²) in [6.45, 7) is 1.69. The van der Waals surface area contributed by atoms with Crippen LogP contribution >= 0.6 is 11.6 Å². The number of nitrogens with one attached hydrogen (secondary N) is 3. The maximum absolute atomic E-state index is 13.2. The van der Waals surface area contributed by atoms with Crippen LogP contribution in [-0.4, -0.2) is 38.7 Å². The highest BCUT2D eigenvalue weighted by Crippen LogP contribution is 2.36. The molecule has 1 aliphatic heterocycles. The molecule has 1 aliphatic carbocycles. The molecule has 0 spiro atoms. The minimum Gasteiger partial charge on any atom is -0.351 e. The van der Waals surface area contributed by atoms with Crippen LogP contribution in [-0.2, 0) is 6.18 Å². The Labute approximate surface area is 181 Å². The summed E-state index contributed by atoms with van der Waals surface area (Å²) in [5.41, 5.74) is 0.642. The van der Waals surface area contributed by atoms with Crippen molar-refractivity contribution in [2.75, 3.05) is 23.7 Å². The van der Waals surface area contributed by atoms with E-state index in [4.69, 9.17) is 11.6 Å². The Kier molecular flexibility index (Phi) is 5.13. The minimum absolute atomic E-state index is 0.00226. The van der Waals surface area contributed by atoms with Gasteiger partial charge in [0.25, 0.3) is 0 Å². The van der Waals surface area contributed by atoms with Crippen molar-refractivity contribution < 1.29 is 13.2 Å². The molecule has 2 fully saturated rings. The number of anilines is 3. The molecule has 11 heteroatoms. The molecule has 2 aliphatic rings. The first-order chi connectivity index (χ1) is 14.9. The average molecular weight is 452 g/mol. The van der Waals surface area contributed by atoms with Crippen LogP contribution in [0.1, 0.15) is 37.3 Å². The molecule has 0 amide bonds. The number of imidazole rings is 1. The number of hydrogen-bond donors (Lipinski definition) is 3. The largest absolute Gasteiger partial charge is 0.416 e. The van der Waals surface area contributed by atoms with Gasteiger partial charge < -0.3 is 16.0 Å². The van der Waals surface area contributed by atoms with Crippen molar-refractivity contribution in [3.63, 3.8) is 0 Å². The van der Waals surface area contributed by atoms with Gasteiger partial charge in [-0.3, -0.25) is 4.57 Å². The summed E-state index contributed by atoms with van der Waals surface area (Å²) < 4.78 is 41.7. The molecule has 5 rings (SSSR count). The van der Waals surface area contributed by atoms with E-state index in [-0.39, 0.29) is 16.8 Å². The van der Waals surface area contributed by atoms with Crippen molar-refractivity contribution in [3.8, 4) is 0 Å². The van der Waals surface area contributed by atoms with Gasteiger partial charge in [0.15, 0.2) is 5.65 Å². The molecular weight excluding hydrogens is 431 g/mol. The van der Waals surface area contributed by atoms with Crippen LogP contribution in [0.25, 0.3) is 11.2 Å². The first kappa shape index (κ1) is 20.3. The number of alkyl halides is 3. The van der Waals surface area contributed by atoms with Crippen LogP contribution in [0.2, 0.25) is 5.02 Å². The van der Waals surface area contributed by atoms with Gasteiger partial charge in [-0.1, -0.05) is 11.6 Å². The highest BCUT2D eigenvalue weighted by molar-refractivity contribution is 6.31. The van der Waals surface area contributed by atoms with Crippen molar-refractivity contribution >= 4 is 40.3 Å². The van der Waals surface area contributed by atoms with Gasteiger partial charge in [0.2, 0.25) is 11.9 Å². The molecule has 164 valence electrons. The van der Waals surface area contributed by atoms with E-state index < -0.39 is 11.7 Å². The SMILES string of the molecule is FC(F)(F)c1cc(Cl)cc(Nc2nc3cnc(NC4CC4)nc3n2C2CCNCC2)c1. The lowest BCUT2D eigenvalue weighted by Gasteiger charge is -2.26. The zero-order valence-electron chi connectivity index (χ0n) is 16.5. The van der Waals surface area contributed by atoms with Gasteiger partial charge in [-0.25, -0.2) is 9.97 Å². The fraction of sp³-hybridized carbons (Fsp3) is 0.450. The van der Waals surface area contributed by atoms with Crippen molar-refractivity contribution in [1.82, 2.24) is 24.8 Å². The van der Waals surface area contributed by atoms with Gasteiger partial charge in [-0.15, -0.1) is 0 Å². The topological polar surface area (TPSA) is 79.7 Å². The molecule has 0 unspecified atom stereocenters. The van der Waals surface area contributed by atoms with Crippen molar-refractivity contribution in [1.29, 1.82) is 0 Å². The molecule has 2 aromatic heterocycles. The number of piperidine rings is 1. The molecule has 1 saturated heterocycles. The van der Waals surface area contributed by atoms with Crippen molar-refractivity contribution in [2.45, 2.75) is 43.9 Å². The highest BCUT2D eigenvalue weighted by atomic mass is 35.5. The van der Waals surface area contributed by atoms with Crippen LogP contribution in [0, 0.1) is 0 Å². The van der Waals surface area contributed by atoms with Gasteiger partial charge in [0, 0.05) is 22.8 Å². The van der Waals surface area contributed by atoms with Crippen LogP contribution in [0.5, 0.6) is 0 Å². The van der Waals surface area contributed by atoms with E-state index in [1.54, 1.807) is 6.20 Å². The first-order valence-corrected chi connectivity index (χ1v) is 10.6. The van der Waals surface area contributed by atoms with Crippen LogP contribution in [0.4, 0.5) is 30.8 Å². The molecule has 1 aromatic carbocycles. The number of benzene rings is 1. The van der Waals surface area contributed by atoms with E-state index in [1.165, 1.54) is 6.07 Å². The third kappa shape index (κ3) is 4.40. The van der Waals surface area contributed by atoms with E-state index in [9.17, 15) is 13.2 Å². The molecule has 0 radical (unpaired) electrons. The second-order valence-electron chi connectivity index (χ2n) is 7.96. The Morgan fingerprint density at radius 3 is 2.55 bits per heavy atom. The summed E-state index contributed by atoms with van der Waals surface area (Å²) in [6, 6.07) is 3.90. The number of nitrogens with zero attached hydrogens (tertiary/aromatic N) is 4. The Morgan fingerprint density at radius 1 is 1.06 bits per heavy atom. The van der Waals surface area contributed by atoms with Crippen LogP contribution in [0.3, 0.4) is 0 Å². The number of hydrogen-bond acceptors (Lipinski definition) is 6. The second-order valence-corrected chi connectivity index (χ2v) is 8.40. The Hall–Kier alpha value is -2.59. The first-order valence-electron chi connectivity index (χ1n) is 10.2. The molecule has 3 heterocycles. The standard InChI is InChI=1S/C20H21ClF3N7/c21-12-7-11(20(22,23)24)8-14(9-12)28-19-29-16-10-26-18(27-13-1-2-13)30-17(16)31(19)15-3-5-25-6-4-15/h7-10,13,15,25H,1-6H2,(H,28,29)(H,26,27,30). The molecule has 0 bridgehead atoms. The Bertz CT molecular complexity index is 1100. The van der Waals surface area contributed by atoms with E-state index in [0.29, 0.717) is 29.1 Å². The summed E-state index contributed by atoms with van der Waals surface area (Å²) in [5, 5.41) is 9.66. The third-order valence-corrected chi connectivity index (χ3v) is 5.72. The molecule has 7 nitrogen and oxygen atoms in total. The van der Waals surface area contributed by atoms with E-state index in [1.807, 2.05) is 4.57 Å². The maximum Gasteiger partial charge on any atom is 0.416 e. The maximum atomic E-state index is 13.2. The van der Waals surface area contributed by atoms with Crippen LogP contribution in [0.15, 0.2) is 24.4 Å². The third-order valence-electron chi connectivity index (χ3n) is 5.50. The summed E-state index contributed by atoms with van der Waals surface area (Å²) in [6.07, 6.45) is 1.06. The summed E-state index contributed by atoms with van der Waals surface area (Å²) in [4.78, 5) is 13.6. The molecule has 1 saturated carbocycles. The normalized spacial score (nSPS) is 17.8. The van der Waals surface area contributed by atoms with Gasteiger partial charge in [-0.05, 0) is 57.0 Å². The number of fused-ring (bicyclic) bond motifs is 1. The Morgan fingerprint density at radius 2 is 1.84 bits per heavy atom. The molecule has 0 atom stereocenters. The monoisotopic (exact) mass is 451 g/mol. The highest BCUT2D eigenvalue weighted by Gasteiger charge is 2.31. The van der Waals surface area contributed by atoms with Gasteiger partial charge in [0.05, 0.1) is 11.8 Å². The quantitative estimate of drug-likeness (QED) is 0.520. The van der Waals surface area contributed by atoms with Crippen molar-refractivity contribution in [3.05, 3.63) is 35.0 Å². The number of rotatable bonds is 5. The van der Waals surface area contributed by atoms with Crippen LogP contribution < -0.4 is 16.0 Å². The lowest BCUT2D eigenvalue weighted by Crippen LogP contribution is -2.30. The molecule has 3 N–H and O–H groups in total. The molecule has 3 aromatic rings. The smallest absolute Gasteiger partial charge is 0.351 e. The molecular formula is C20H21ClF3N7. The summed E-state index contributed by atoms with van der Waals surface area (Å²) >= 11 is 5.96. The fourth-order valence-corrected chi connectivity index (χ4v) is 4.06. The number of halogens is 4. The predicted octanol–water partition coefficient (Wildman–Crippen LogP) is 4.74. The number of aromatic nitrogens is 4. The second kappa shape index (κ2) is 7.83. The predicted molar refractivity (Wildman–Crippen MR) is 113 cm³/mol. The van der Waals surface area contributed by atoms with E-state index >= 15 is 0 Å².